The first-order valence-electron chi connectivity index (χ1n) is 6.25. The van der Waals surface area contributed by atoms with Crippen LogP contribution in [0.3, 0.4) is 0 Å². The molecule has 0 bridgehead atoms. The Morgan fingerprint density at radius 2 is 2.35 bits per heavy atom. The minimum absolute atomic E-state index is 0.0219. The second kappa shape index (κ2) is 5.52. The number of rotatable bonds is 6. The monoisotopic (exact) mass is 344 g/mol. The second-order valence-electron chi connectivity index (χ2n) is 4.98. The summed E-state index contributed by atoms with van der Waals surface area (Å²) in [5, 5.41) is 9.30. The van der Waals surface area contributed by atoms with E-state index in [1.807, 2.05) is 6.92 Å². The lowest BCUT2D eigenvalue weighted by Gasteiger charge is -2.16. The molecule has 0 heterocycles. The van der Waals surface area contributed by atoms with Gasteiger partial charge in [-0.1, -0.05) is 13.3 Å². The molecule has 2 atom stereocenters. The van der Waals surface area contributed by atoms with Crippen LogP contribution in [0.5, 0.6) is 5.75 Å². The second-order valence-corrected chi connectivity index (χ2v) is 5.84. The van der Waals surface area contributed by atoms with Gasteiger partial charge in [0.15, 0.2) is 6.29 Å². The zero-order valence-corrected chi connectivity index (χ0v) is 12.4. The Morgan fingerprint density at radius 1 is 1.65 bits per heavy atom. The summed E-state index contributed by atoms with van der Waals surface area (Å²) in [6.45, 7) is 1.91. The SMILES string of the molecule is CCC1CC1(COc1c(Br)cc(F)cc1C=O)C(=O)O. The number of aldehydes is 1. The number of hydrogen-bond acceptors (Lipinski definition) is 3. The zero-order chi connectivity index (χ0) is 14.9. The smallest absolute Gasteiger partial charge is 0.313 e. The quantitative estimate of drug-likeness (QED) is 0.804. The third-order valence-corrected chi connectivity index (χ3v) is 4.38. The van der Waals surface area contributed by atoms with Gasteiger partial charge >= 0.3 is 5.97 Å². The van der Waals surface area contributed by atoms with Gasteiger partial charge in [0.2, 0.25) is 0 Å². The van der Waals surface area contributed by atoms with E-state index in [1.165, 1.54) is 6.07 Å². The molecule has 1 fully saturated rings. The van der Waals surface area contributed by atoms with Gasteiger partial charge < -0.3 is 9.84 Å². The molecule has 0 aliphatic heterocycles. The Labute approximate surface area is 124 Å². The van der Waals surface area contributed by atoms with Crippen LogP contribution in [0.15, 0.2) is 16.6 Å². The molecule has 0 spiro atoms. The predicted molar refractivity (Wildman–Crippen MR) is 73.4 cm³/mol. The van der Waals surface area contributed by atoms with Crippen molar-refractivity contribution in [2.45, 2.75) is 19.8 Å². The first kappa shape index (κ1) is 15.0. The lowest BCUT2D eigenvalue weighted by molar-refractivity contribution is -0.145. The van der Waals surface area contributed by atoms with E-state index in [9.17, 15) is 19.1 Å². The fourth-order valence-electron chi connectivity index (χ4n) is 2.44. The van der Waals surface area contributed by atoms with Crippen LogP contribution >= 0.6 is 15.9 Å². The van der Waals surface area contributed by atoms with Gasteiger partial charge in [-0.05, 0) is 40.4 Å². The summed E-state index contributed by atoms with van der Waals surface area (Å²) in [5.41, 5.74) is -0.825. The highest BCUT2D eigenvalue weighted by atomic mass is 79.9. The Kier molecular flexibility index (Phi) is 4.13. The standard InChI is InChI=1S/C14H14BrFO4/c1-2-9-5-14(9,13(18)19)7-20-12-8(6-17)3-10(16)4-11(12)15/h3-4,6,9H,2,5,7H2,1H3,(H,18,19). The minimum atomic E-state index is -0.893. The van der Waals surface area contributed by atoms with E-state index in [1.54, 1.807) is 0 Å². The zero-order valence-electron chi connectivity index (χ0n) is 10.9. The molecule has 2 unspecified atom stereocenters. The maximum atomic E-state index is 13.2. The van der Waals surface area contributed by atoms with E-state index in [2.05, 4.69) is 15.9 Å². The highest BCUT2D eigenvalue weighted by molar-refractivity contribution is 9.10. The molecular weight excluding hydrogens is 331 g/mol. The first-order valence-corrected chi connectivity index (χ1v) is 7.04. The third kappa shape index (κ3) is 2.57. The molecule has 108 valence electrons. The fourth-order valence-corrected chi connectivity index (χ4v) is 3.00. The summed E-state index contributed by atoms with van der Waals surface area (Å²) in [4.78, 5) is 22.3. The molecule has 0 aromatic heterocycles. The molecule has 1 aromatic rings. The average molecular weight is 345 g/mol. The van der Waals surface area contributed by atoms with Crippen LogP contribution < -0.4 is 4.74 Å². The van der Waals surface area contributed by atoms with Crippen LogP contribution in [0.2, 0.25) is 0 Å². The summed E-state index contributed by atoms with van der Waals surface area (Å²) in [6, 6.07) is 2.24. The Bertz CT molecular complexity index is 560. The normalized spacial score (nSPS) is 24.2. The number of ether oxygens (including phenoxy) is 1. The Morgan fingerprint density at radius 3 is 2.85 bits per heavy atom. The van der Waals surface area contributed by atoms with Gasteiger partial charge in [-0.3, -0.25) is 9.59 Å². The molecule has 0 amide bonds. The fraction of sp³-hybridized carbons (Fsp3) is 0.429. The Hall–Kier alpha value is -1.43. The summed E-state index contributed by atoms with van der Waals surface area (Å²) >= 11 is 3.12. The molecule has 1 aliphatic carbocycles. The largest absolute Gasteiger partial charge is 0.490 e. The number of hydrogen-bond donors (Lipinski definition) is 1. The van der Waals surface area contributed by atoms with Gasteiger partial charge in [-0.25, -0.2) is 4.39 Å². The van der Waals surface area contributed by atoms with Gasteiger partial charge in [-0.15, -0.1) is 0 Å². The van der Waals surface area contributed by atoms with Crippen molar-refractivity contribution < 1.29 is 23.8 Å². The highest BCUT2D eigenvalue weighted by Crippen LogP contribution is 2.55. The number of carboxylic acids is 1. The van der Waals surface area contributed by atoms with Crippen molar-refractivity contribution in [2.75, 3.05) is 6.61 Å². The molecule has 1 N–H and O–H groups in total. The lowest BCUT2D eigenvalue weighted by atomic mass is 10.0. The average Bonchev–Trinajstić information content (AvgIpc) is 3.12. The van der Waals surface area contributed by atoms with Gasteiger partial charge in [-0.2, -0.15) is 0 Å². The van der Waals surface area contributed by atoms with Crippen molar-refractivity contribution in [1.29, 1.82) is 0 Å². The minimum Gasteiger partial charge on any atom is -0.490 e. The number of carbonyl (C=O) groups is 2. The van der Waals surface area contributed by atoms with Crippen molar-refractivity contribution in [1.82, 2.24) is 0 Å². The number of aliphatic carboxylic acids is 1. The summed E-state index contributed by atoms with van der Waals surface area (Å²) < 4.78 is 19.0. The highest BCUT2D eigenvalue weighted by Gasteiger charge is 2.60. The number of carbonyl (C=O) groups excluding carboxylic acids is 1. The van der Waals surface area contributed by atoms with E-state index in [0.717, 1.165) is 12.5 Å². The first-order chi connectivity index (χ1) is 9.44. The van der Waals surface area contributed by atoms with Gasteiger partial charge in [0.05, 0.1) is 10.0 Å². The molecule has 1 saturated carbocycles. The molecule has 4 nitrogen and oxygen atoms in total. The van der Waals surface area contributed by atoms with E-state index >= 15 is 0 Å². The van der Waals surface area contributed by atoms with Crippen LogP contribution in [0.4, 0.5) is 4.39 Å². The molecule has 1 aromatic carbocycles. The van der Waals surface area contributed by atoms with Gasteiger partial charge in [0.25, 0.3) is 0 Å². The molecule has 2 rings (SSSR count). The predicted octanol–water partition coefficient (Wildman–Crippen LogP) is 3.28. The van der Waals surface area contributed by atoms with Crippen molar-refractivity contribution >= 4 is 28.2 Å². The molecule has 20 heavy (non-hydrogen) atoms. The maximum Gasteiger partial charge on any atom is 0.313 e. The lowest BCUT2D eigenvalue weighted by Crippen LogP contribution is -2.25. The van der Waals surface area contributed by atoms with Crippen LogP contribution in [0.1, 0.15) is 30.1 Å². The van der Waals surface area contributed by atoms with Crippen molar-refractivity contribution in [3.8, 4) is 5.75 Å². The summed E-state index contributed by atoms with van der Waals surface area (Å²) in [5.74, 6) is -1.19. The molecule has 1 aliphatic rings. The van der Waals surface area contributed by atoms with Crippen LogP contribution in [-0.2, 0) is 4.79 Å². The third-order valence-electron chi connectivity index (χ3n) is 3.79. The van der Waals surface area contributed by atoms with Crippen molar-refractivity contribution in [2.24, 2.45) is 11.3 Å². The van der Waals surface area contributed by atoms with Crippen LogP contribution in [-0.4, -0.2) is 24.0 Å². The number of carboxylic acid groups (broad SMARTS) is 1. The molecular formula is C14H14BrFO4. The van der Waals surface area contributed by atoms with Crippen LogP contribution in [0.25, 0.3) is 0 Å². The van der Waals surface area contributed by atoms with Crippen molar-refractivity contribution in [3.63, 3.8) is 0 Å². The van der Waals surface area contributed by atoms with E-state index < -0.39 is 17.2 Å². The summed E-state index contributed by atoms with van der Waals surface area (Å²) in [6.07, 6.45) is 1.82. The molecule has 6 heteroatoms. The number of benzene rings is 1. The Balaban J connectivity index is 2.19. The van der Waals surface area contributed by atoms with E-state index in [-0.39, 0.29) is 23.8 Å². The molecule has 0 radical (unpaired) electrons. The topological polar surface area (TPSA) is 63.6 Å². The number of halogens is 2. The van der Waals surface area contributed by atoms with Gasteiger partial charge in [0.1, 0.15) is 23.6 Å². The van der Waals surface area contributed by atoms with E-state index in [4.69, 9.17) is 4.74 Å². The van der Waals surface area contributed by atoms with Crippen LogP contribution in [0, 0.1) is 17.2 Å². The molecule has 0 saturated heterocycles. The van der Waals surface area contributed by atoms with Gasteiger partial charge in [0, 0.05) is 0 Å². The maximum absolute atomic E-state index is 13.2. The van der Waals surface area contributed by atoms with Crippen molar-refractivity contribution in [3.05, 3.63) is 28.0 Å². The van der Waals surface area contributed by atoms with E-state index in [0.29, 0.717) is 17.2 Å². The summed E-state index contributed by atoms with van der Waals surface area (Å²) in [7, 11) is 0.